The first kappa shape index (κ1) is 13.5. The van der Waals surface area contributed by atoms with Crippen molar-refractivity contribution < 1.29 is 0 Å². The molecule has 0 fully saturated rings. The number of aromatic nitrogens is 2. The minimum atomic E-state index is 0.791. The van der Waals surface area contributed by atoms with Gasteiger partial charge in [-0.25, -0.2) is 0 Å². The molecule has 0 saturated carbocycles. The number of fused-ring (bicyclic) bond motifs is 1. The van der Waals surface area contributed by atoms with Gasteiger partial charge in [-0.2, -0.15) is 5.10 Å². The van der Waals surface area contributed by atoms with Crippen molar-refractivity contribution in [3.63, 3.8) is 0 Å². The van der Waals surface area contributed by atoms with Gasteiger partial charge in [-0.1, -0.05) is 24.3 Å². The highest BCUT2D eigenvalue weighted by Crippen LogP contribution is 2.29. The molecule has 1 heterocycles. The van der Waals surface area contributed by atoms with E-state index < -0.39 is 0 Å². The molecule has 4 heteroatoms. The molecule has 0 aliphatic heterocycles. The van der Waals surface area contributed by atoms with Crippen molar-refractivity contribution in [1.82, 2.24) is 10.2 Å². The van der Waals surface area contributed by atoms with Crippen molar-refractivity contribution in [2.24, 2.45) is 0 Å². The van der Waals surface area contributed by atoms with Crippen LogP contribution < -0.4 is 10.6 Å². The largest absolute Gasteiger partial charge is 0.397 e. The third-order valence-electron chi connectivity index (χ3n) is 3.93. The molecule has 3 aromatic rings. The fraction of sp³-hybridized carbons (Fsp3) is 0.235. The van der Waals surface area contributed by atoms with E-state index in [1.165, 1.54) is 11.1 Å². The maximum absolute atomic E-state index is 6.23. The van der Waals surface area contributed by atoms with Gasteiger partial charge in [0.2, 0.25) is 0 Å². The van der Waals surface area contributed by atoms with Crippen molar-refractivity contribution in [1.29, 1.82) is 0 Å². The molecule has 2 aromatic carbocycles. The number of rotatable bonds is 4. The summed E-state index contributed by atoms with van der Waals surface area (Å²) in [5, 5.41) is 8.12. The topological polar surface area (TPSA) is 57.9 Å². The molecule has 108 valence electrons. The molecule has 0 aliphatic carbocycles. The number of nitrogens with zero attached hydrogens (tertiary/aromatic N) is 2. The lowest BCUT2D eigenvalue weighted by molar-refractivity contribution is 0.829. The summed E-state index contributed by atoms with van der Waals surface area (Å²) in [5.74, 6) is 0. The number of nitrogen functional groups attached to an aromatic ring is 1. The van der Waals surface area contributed by atoms with Gasteiger partial charge in [0.25, 0.3) is 0 Å². The average molecular weight is 280 g/mol. The standard InChI is InChI=1S/C17H20N4/c1-3-21(11-13-7-5-4-6-12(13)2)17-9-16-14(8-15(17)18)10-19-20-16/h4-10H,3,11,18H2,1-2H3,(H,19,20). The number of aryl methyl sites for hydroxylation is 1. The third-order valence-corrected chi connectivity index (χ3v) is 3.93. The van der Waals surface area contributed by atoms with E-state index in [0.717, 1.165) is 35.4 Å². The Balaban J connectivity index is 1.98. The van der Waals surface area contributed by atoms with Crippen LogP contribution in [-0.2, 0) is 6.54 Å². The highest BCUT2D eigenvalue weighted by atomic mass is 15.1. The molecular weight excluding hydrogens is 260 g/mol. The summed E-state index contributed by atoms with van der Waals surface area (Å²) >= 11 is 0. The van der Waals surface area contributed by atoms with E-state index in [-0.39, 0.29) is 0 Å². The molecule has 0 aliphatic rings. The summed E-state index contributed by atoms with van der Waals surface area (Å²) in [6.45, 7) is 6.05. The van der Waals surface area contributed by atoms with Gasteiger partial charge < -0.3 is 10.6 Å². The Kier molecular flexibility index (Phi) is 3.52. The summed E-state index contributed by atoms with van der Waals surface area (Å²) in [4.78, 5) is 2.29. The van der Waals surface area contributed by atoms with Gasteiger partial charge >= 0.3 is 0 Å². The lowest BCUT2D eigenvalue weighted by Gasteiger charge is -2.25. The number of benzene rings is 2. The first-order valence-electron chi connectivity index (χ1n) is 7.21. The van der Waals surface area contributed by atoms with Crippen LogP contribution in [0.4, 0.5) is 11.4 Å². The van der Waals surface area contributed by atoms with Crippen LogP contribution in [0, 0.1) is 6.92 Å². The van der Waals surface area contributed by atoms with Crippen LogP contribution in [0.1, 0.15) is 18.1 Å². The molecule has 1 aromatic heterocycles. The van der Waals surface area contributed by atoms with Crippen LogP contribution in [0.25, 0.3) is 10.9 Å². The van der Waals surface area contributed by atoms with Gasteiger partial charge in [-0.3, -0.25) is 5.10 Å². The first-order chi connectivity index (χ1) is 10.2. The Bertz CT molecular complexity index is 760. The highest BCUT2D eigenvalue weighted by molar-refractivity contribution is 5.88. The third kappa shape index (κ3) is 2.57. The molecule has 0 bridgehead atoms. The second-order valence-electron chi connectivity index (χ2n) is 5.31. The van der Waals surface area contributed by atoms with Crippen molar-refractivity contribution in [3.05, 3.63) is 53.7 Å². The van der Waals surface area contributed by atoms with Gasteiger partial charge in [0.1, 0.15) is 0 Å². The smallest absolute Gasteiger partial charge is 0.0672 e. The number of hydrogen-bond donors (Lipinski definition) is 2. The fourth-order valence-corrected chi connectivity index (χ4v) is 2.63. The lowest BCUT2D eigenvalue weighted by atomic mass is 10.1. The summed E-state index contributed by atoms with van der Waals surface area (Å²) in [6, 6.07) is 12.5. The zero-order valence-electron chi connectivity index (χ0n) is 12.4. The number of anilines is 2. The molecule has 3 rings (SSSR count). The second-order valence-corrected chi connectivity index (χ2v) is 5.31. The zero-order chi connectivity index (χ0) is 14.8. The molecule has 3 N–H and O–H groups in total. The Morgan fingerprint density at radius 2 is 2.05 bits per heavy atom. The Labute approximate surface area is 124 Å². The molecule has 0 saturated heterocycles. The van der Waals surface area contributed by atoms with Gasteiger partial charge in [-0.15, -0.1) is 0 Å². The van der Waals surface area contributed by atoms with E-state index in [0.29, 0.717) is 0 Å². The van der Waals surface area contributed by atoms with Crippen molar-refractivity contribution in [3.8, 4) is 0 Å². The molecule has 0 spiro atoms. The van der Waals surface area contributed by atoms with Crippen LogP contribution >= 0.6 is 0 Å². The van der Waals surface area contributed by atoms with E-state index in [9.17, 15) is 0 Å². The van der Waals surface area contributed by atoms with E-state index in [1.54, 1.807) is 6.20 Å². The van der Waals surface area contributed by atoms with Crippen molar-refractivity contribution in [2.45, 2.75) is 20.4 Å². The number of aromatic amines is 1. The molecule has 21 heavy (non-hydrogen) atoms. The van der Waals surface area contributed by atoms with Gasteiger partial charge in [0.05, 0.1) is 23.1 Å². The molecular formula is C17H20N4. The van der Waals surface area contributed by atoms with E-state index in [2.05, 4.69) is 59.3 Å². The number of H-pyrrole nitrogens is 1. The van der Waals surface area contributed by atoms with Crippen molar-refractivity contribution in [2.75, 3.05) is 17.2 Å². The maximum atomic E-state index is 6.23. The highest BCUT2D eigenvalue weighted by Gasteiger charge is 2.12. The minimum absolute atomic E-state index is 0.791. The molecule has 4 nitrogen and oxygen atoms in total. The molecule has 0 radical (unpaired) electrons. The summed E-state index contributed by atoms with van der Waals surface area (Å²) in [7, 11) is 0. The predicted octanol–water partition coefficient (Wildman–Crippen LogP) is 3.48. The van der Waals surface area contributed by atoms with Gasteiger partial charge in [-0.05, 0) is 37.1 Å². The van der Waals surface area contributed by atoms with Crippen LogP contribution in [0.3, 0.4) is 0 Å². The monoisotopic (exact) mass is 280 g/mol. The average Bonchev–Trinajstić information content (AvgIpc) is 2.93. The van der Waals surface area contributed by atoms with Crippen molar-refractivity contribution >= 4 is 22.3 Å². The number of nitrogens with one attached hydrogen (secondary N) is 1. The van der Waals surface area contributed by atoms with E-state index in [4.69, 9.17) is 5.73 Å². The zero-order valence-corrected chi connectivity index (χ0v) is 12.4. The number of hydrogen-bond acceptors (Lipinski definition) is 3. The quantitative estimate of drug-likeness (QED) is 0.719. The van der Waals surface area contributed by atoms with Gasteiger partial charge in [0, 0.05) is 18.5 Å². The Morgan fingerprint density at radius 3 is 2.81 bits per heavy atom. The summed E-state index contributed by atoms with van der Waals surface area (Å²) in [6.07, 6.45) is 1.80. The SMILES string of the molecule is CCN(Cc1ccccc1C)c1cc2[nH]ncc2cc1N. The van der Waals surface area contributed by atoms with Gasteiger partial charge in [0.15, 0.2) is 0 Å². The van der Waals surface area contributed by atoms with Crippen LogP contribution in [-0.4, -0.2) is 16.7 Å². The van der Waals surface area contributed by atoms with Crippen LogP contribution in [0.2, 0.25) is 0 Å². The molecule has 0 unspecified atom stereocenters. The van der Waals surface area contributed by atoms with Crippen LogP contribution in [0.15, 0.2) is 42.6 Å². The predicted molar refractivity (Wildman–Crippen MR) is 88.4 cm³/mol. The normalized spacial score (nSPS) is 11.0. The summed E-state index contributed by atoms with van der Waals surface area (Å²) < 4.78 is 0. The molecule has 0 atom stereocenters. The van der Waals surface area contributed by atoms with E-state index >= 15 is 0 Å². The Hall–Kier alpha value is -2.49. The lowest BCUT2D eigenvalue weighted by Crippen LogP contribution is -2.23. The maximum Gasteiger partial charge on any atom is 0.0672 e. The number of nitrogens with two attached hydrogens (primary N) is 1. The minimum Gasteiger partial charge on any atom is -0.397 e. The Morgan fingerprint density at radius 1 is 1.24 bits per heavy atom. The van der Waals surface area contributed by atoms with Crippen LogP contribution in [0.5, 0.6) is 0 Å². The fourth-order valence-electron chi connectivity index (χ4n) is 2.63. The van der Waals surface area contributed by atoms with E-state index in [1.807, 2.05) is 6.07 Å². The first-order valence-corrected chi connectivity index (χ1v) is 7.21. The summed E-state index contributed by atoms with van der Waals surface area (Å²) in [5.41, 5.74) is 11.7. The molecule has 0 amide bonds. The second kappa shape index (κ2) is 5.48.